The van der Waals surface area contributed by atoms with Gasteiger partial charge in [0, 0.05) is 30.2 Å². The highest BCUT2D eigenvalue weighted by molar-refractivity contribution is 6.30. The van der Waals surface area contributed by atoms with Crippen LogP contribution in [0.5, 0.6) is 0 Å². The topological polar surface area (TPSA) is 32.3 Å². The fourth-order valence-corrected chi connectivity index (χ4v) is 3.46. The van der Waals surface area contributed by atoms with Crippen molar-refractivity contribution in [1.29, 1.82) is 0 Å². The van der Waals surface area contributed by atoms with Gasteiger partial charge in [0.25, 0.3) is 5.91 Å². The summed E-state index contributed by atoms with van der Waals surface area (Å²) in [4.78, 5) is 14.8. The second-order valence-electron chi connectivity index (χ2n) is 6.99. The van der Waals surface area contributed by atoms with Crippen molar-refractivity contribution in [1.82, 2.24) is 10.2 Å². The number of rotatable bonds is 5. The van der Waals surface area contributed by atoms with E-state index in [1.54, 1.807) is 0 Å². The number of carbonyl (C=O) groups is 1. The number of hydrogen-bond donors (Lipinski definition) is 1. The van der Waals surface area contributed by atoms with Crippen LogP contribution in [-0.2, 0) is 13.1 Å². The lowest BCUT2D eigenvalue weighted by Gasteiger charge is -2.30. The third-order valence-electron chi connectivity index (χ3n) is 4.73. The first-order valence-electron chi connectivity index (χ1n) is 8.94. The van der Waals surface area contributed by atoms with Crippen molar-refractivity contribution in [3.8, 4) is 0 Å². The number of carbonyl (C=O) groups excluding carboxylic acids is 1. The van der Waals surface area contributed by atoms with Crippen molar-refractivity contribution in [2.75, 3.05) is 13.1 Å². The van der Waals surface area contributed by atoms with E-state index in [9.17, 15) is 4.79 Å². The van der Waals surface area contributed by atoms with Gasteiger partial charge < -0.3 is 5.32 Å². The van der Waals surface area contributed by atoms with Gasteiger partial charge in [-0.2, -0.15) is 0 Å². The molecule has 3 nitrogen and oxygen atoms in total. The number of piperidine rings is 1. The largest absolute Gasteiger partial charge is 0.348 e. The van der Waals surface area contributed by atoms with Gasteiger partial charge in [0.1, 0.15) is 0 Å². The highest BCUT2D eigenvalue weighted by Crippen LogP contribution is 2.18. The summed E-state index contributed by atoms with van der Waals surface area (Å²) < 4.78 is 0. The molecule has 1 aliphatic rings. The highest BCUT2D eigenvalue weighted by atomic mass is 35.5. The second-order valence-corrected chi connectivity index (χ2v) is 7.43. The molecule has 0 aliphatic carbocycles. The summed E-state index contributed by atoms with van der Waals surface area (Å²) in [7, 11) is 0. The van der Waals surface area contributed by atoms with E-state index in [1.807, 2.05) is 36.4 Å². The molecule has 1 amide bonds. The Bertz CT molecular complexity index is 697. The zero-order valence-electron chi connectivity index (χ0n) is 14.7. The summed E-state index contributed by atoms with van der Waals surface area (Å²) in [5, 5.41) is 3.65. The van der Waals surface area contributed by atoms with Crippen molar-refractivity contribution in [2.45, 2.75) is 32.9 Å². The van der Waals surface area contributed by atoms with Crippen molar-refractivity contribution < 1.29 is 4.79 Å². The fraction of sp³-hybridized carbons (Fsp3) is 0.381. The minimum absolute atomic E-state index is 0.0481. The monoisotopic (exact) mass is 356 g/mol. The molecule has 0 saturated carbocycles. The van der Waals surface area contributed by atoms with Crippen LogP contribution in [0.1, 0.15) is 41.3 Å². The number of amides is 1. The van der Waals surface area contributed by atoms with Gasteiger partial charge in [0.05, 0.1) is 0 Å². The first kappa shape index (κ1) is 18.0. The molecule has 4 heteroatoms. The van der Waals surface area contributed by atoms with Gasteiger partial charge in [-0.3, -0.25) is 9.69 Å². The maximum atomic E-state index is 12.3. The predicted molar refractivity (Wildman–Crippen MR) is 103 cm³/mol. The molecule has 1 fully saturated rings. The molecule has 2 aromatic rings. The molecular formula is C21H25ClN2O. The summed E-state index contributed by atoms with van der Waals surface area (Å²) in [6, 6.07) is 15.5. The molecule has 3 rings (SSSR count). The molecule has 0 unspecified atom stereocenters. The van der Waals surface area contributed by atoms with Gasteiger partial charge in [0.15, 0.2) is 0 Å². The summed E-state index contributed by atoms with van der Waals surface area (Å²) in [6.45, 7) is 6.14. The molecule has 1 heterocycles. The van der Waals surface area contributed by atoms with Crippen LogP contribution in [0.2, 0.25) is 5.02 Å². The van der Waals surface area contributed by atoms with E-state index in [1.165, 1.54) is 31.5 Å². The van der Waals surface area contributed by atoms with Crippen LogP contribution in [0, 0.1) is 5.92 Å². The fourth-order valence-electron chi connectivity index (χ4n) is 3.34. The van der Waals surface area contributed by atoms with E-state index in [0.29, 0.717) is 17.1 Å². The Morgan fingerprint density at radius 1 is 1.12 bits per heavy atom. The van der Waals surface area contributed by atoms with Gasteiger partial charge in [-0.25, -0.2) is 0 Å². The number of nitrogens with zero attached hydrogens (tertiary/aromatic N) is 1. The van der Waals surface area contributed by atoms with Crippen LogP contribution in [0.3, 0.4) is 0 Å². The zero-order chi connectivity index (χ0) is 17.6. The third-order valence-corrected chi connectivity index (χ3v) is 4.98. The molecule has 1 saturated heterocycles. The van der Waals surface area contributed by atoms with Crippen LogP contribution in [0.25, 0.3) is 0 Å². The lowest BCUT2D eigenvalue weighted by Crippen LogP contribution is -2.33. The lowest BCUT2D eigenvalue weighted by molar-refractivity contribution is 0.0951. The molecule has 0 spiro atoms. The average molecular weight is 357 g/mol. The summed E-state index contributed by atoms with van der Waals surface area (Å²) in [5.74, 6) is 0.736. The average Bonchev–Trinajstić information content (AvgIpc) is 2.62. The van der Waals surface area contributed by atoms with Gasteiger partial charge >= 0.3 is 0 Å². The van der Waals surface area contributed by atoms with Gasteiger partial charge in [0.2, 0.25) is 0 Å². The van der Waals surface area contributed by atoms with Crippen LogP contribution >= 0.6 is 11.6 Å². The number of nitrogens with one attached hydrogen (secondary N) is 1. The molecule has 25 heavy (non-hydrogen) atoms. The van der Waals surface area contributed by atoms with Crippen molar-refractivity contribution >= 4 is 17.5 Å². The molecule has 0 radical (unpaired) electrons. The molecule has 1 aliphatic heterocycles. The maximum Gasteiger partial charge on any atom is 0.251 e. The standard InChI is InChI=1S/C21H25ClN2O/c1-16-3-2-12-24(14-16)15-18-4-8-19(9-5-18)21(25)23-13-17-6-10-20(22)11-7-17/h4-11,16H,2-3,12-15H2,1H3,(H,23,25)/t16-/m0/s1. The van der Waals surface area contributed by atoms with Crippen LogP contribution in [0.4, 0.5) is 0 Å². The molecular weight excluding hydrogens is 332 g/mol. The van der Waals surface area contributed by atoms with Crippen LogP contribution in [0.15, 0.2) is 48.5 Å². The molecule has 2 aromatic carbocycles. The van der Waals surface area contributed by atoms with E-state index < -0.39 is 0 Å². The predicted octanol–water partition coefficient (Wildman–Crippen LogP) is 4.50. The van der Waals surface area contributed by atoms with Crippen molar-refractivity contribution in [3.63, 3.8) is 0 Å². The van der Waals surface area contributed by atoms with E-state index in [0.717, 1.165) is 18.0 Å². The minimum Gasteiger partial charge on any atom is -0.348 e. The third kappa shape index (κ3) is 5.32. The van der Waals surface area contributed by atoms with Crippen molar-refractivity contribution in [2.24, 2.45) is 5.92 Å². The van der Waals surface area contributed by atoms with Crippen LogP contribution < -0.4 is 5.32 Å². The molecule has 0 bridgehead atoms. The first-order valence-corrected chi connectivity index (χ1v) is 9.32. The molecule has 0 aromatic heterocycles. The quantitative estimate of drug-likeness (QED) is 0.855. The number of halogens is 1. The lowest BCUT2D eigenvalue weighted by atomic mass is 9.99. The minimum atomic E-state index is -0.0481. The number of benzene rings is 2. The Morgan fingerprint density at radius 2 is 1.80 bits per heavy atom. The summed E-state index contributed by atoms with van der Waals surface area (Å²) in [6.07, 6.45) is 2.62. The Morgan fingerprint density at radius 3 is 2.48 bits per heavy atom. The number of likely N-dealkylation sites (tertiary alicyclic amines) is 1. The maximum absolute atomic E-state index is 12.3. The zero-order valence-corrected chi connectivity index (χ0v) is 15.4. The normalized spacial score (nSPS) is 18.1. The second kappa shape index (κ2) is 8.50. The number of hydrogen-bond acceptors (Lipinski definition) is 2. The molecule has 132 valence electrons. The van der Waals surface area contributed by atoms with Crippen LogP contribution in [-0.4, -0.2) is 23.9 Å². The highest BCUT2D eigenvalue weighted by Gasteiger charge is 2.16. The van der Waals surface area contributed by atoms with E-state index in [-0.39, 0.29) is 5.91 Å². The Balaban J connectivity index is 1.52. The van der Waals surface area contributed by atoms with Gasteiger partial charge in [-0.1, -0.05) is 42.8 Å². The molecule has 1 N–H and O–H groups in total. The Hall–Kier alpha value is -1.84. The van der Waals surface area contributed by atoms with Gasteiger partial charge in [-0.15, -0.1) is 0 Å². The summed E-state index contributed by atoms with van der Waals surface area (Å²) in [5.41, 5.74) is 3.00. The smallest absolute Gasteiger partial charge is 0.251 e. The first-order chi connectivity index (χ1) is 12.1. The molecule has 1 atom stereocenters. The SMILES string of the molecule is C[C@H]1CCCN(Cc2ccc(C(=O)NCc3ccc(Cl)cc3)cc2)C1. The van der Waals surface area contributed by atoms with E-state index in [2.05, 4.69) is 29.3 Å². The van der Waals surface area contributed by atoms with Crippen molar-refractivity contribution in [3.05, 3.63) is 70.2 Å². The Labute approximate surface area is 155 Å². The van der Waals surface area contributed by atoms with E-state index in [4.69, 9.17) is 11.6 Å². The van der Waals surface area contributed by atoms with Gasteiger partial charge in [-0.05, 0) is 60.7 Å². The summed E-state index contributed by atoms with van der Waals surface area (Å²) >= 11 is 5.87. The Kier molecular flexibility index (Phi) is 6.11. The van der Waals surface area contributed by atoms with E-state index >= 15 is 0 Å².